The van der Waals surface area contributed by atoms with Crippen molar-refractivity contribution in [1.29, 1.82) is 0 Å². The van der Waals surface area contributed by atoms with Crippen LogP contribution in [0, 0.1) is 0 Å². The van der Waals surface area contributed by atoms with Crippen molar-refractivity contribution in [2.45, 2.75) is 37.8 Å². The van der Waals surface area contributed by atoms with E-state index in [2.05, 4.69) is 47.1 Å². The number of rotatable bonds is 6. The smallest absolute Gasteiger partial charge is 0.237 e. The molecule has 0 aliphatic carbocycles. The minimum absolute atomic E-state index is 0.147. The lowest BCUT2D eigenvalue weighted by Gasteiger charge is -2.40. The lowest BCUT2D eigenvalue weighted by atomic mass is 9.97. The Morgan fingerprint density at radius 2 is 1.96 bits per heavy atom. The third kappa shape index (κ3) is 5.05. The molecule has 23 heavy (non-hydrogen) atoms. The van der Waals surface area contributed by atoms with E-state index in [0.717, 1.165) is 51.9 Å². The Morgan fingerprint density at radius 1 is 1.17 bits per heavy atom. The van der Waals surface area contributed by atoms with E-state index in [-0.39, 0.29) is 18.0 Å². The molecule has 0 aromatic heterocycles. The van der Waals surface area contributed by atoms with Crippen molar-refractivity contribution in [3.8, 4) is 0 Å². The molecular weight excluding hydrogens is 286 g/mol. The second-order valence-corrected chi connectivity index (χ2v) is 6.67. The third-order valence-corrected chi connectivity index (χ3v) is 4.82. The van der Waals surface area contributed by atoms with Gasteiger partial charge in [0.15, 0.2) is 0 Å². The third-order valence-electron chi connectivity index (χ3n) is 4.82. The molecule has 0 unspecified atom stereocenters. The van der Waals surface area contributed by atoms with Crippen molar-refractivity contribution in [3.05, 3.63) is 37.5 Å². The predicted octanol–water partition coefficient (Wildman–Crippen LogP) is 2.30. The van der Waals surface area contributed by atoms with E-state index in [1.807, 2.05) is 12.2 Å². The average molecular weight is 317 g/mol. The normalized spacial score (nSPS) is 26.7. The fourth-order valence-corrected chi connectivity index (χ4v) is 3.55. The van der Waals surface area contributed by atoms with Gasteiger partial charge >= 0.3 is 0 Å². The molecule has 0 N–H and O–H groups in total. The predicted molar refractivity (Wildman–Crippen MR) is 96.4 cm³/mol. The van der Waals surface area contributed by atoms with Gasteiger partial charge in [-0.1, -0.05) is 24.3 Å². The Kier molecular flexibility index (Phi) is 7.06. The summed E-state index contributed by atoms with van der Waals surface area (Å²) in [5, 5.41) is 0. The number of hydrogen-bond donors (Lipinski definition) is 0. The molecule has 0 aromatic rings. The second kappa shape index (κ2) is 9.04. The summed E-state index contributed by atoms with van der Waals surface area (Å²) in [7, 11) is 2.15. The maximum atomic E-state index is 13.0. The standard InChI is InChI=1S/C19H31N3O/c1-4-8-17-10-6-11-18(9-5-2)22(17)19(23)16-21-13-7-12-20(3)14-15-21/h4-6,10,17-18H,1-2,7-9,11-16H2,3H3/t17-,18-/m0/s1. The van der Waals surface area contributed by atoms with Crippen LogP contribution < -0.4 is 0 Å². The van der Waals surface area contributed by atoms with E-state index in [9.17, 15) is 4.79 Å². The van der Waals surface area contributed by atoms with Crippen LogP contribution in [0.15, 0.2) is 37.5 Å². The van der Waals surface area contributed by atoms with Gasteiger partial charge in [-0.05, 0) is 45.8 Å². The first kappa shape index (κ1) is 18.0. The van der Waals surface area contributed by atoms with E-state index in [0.29, 0.717) is 6.54 Å². The Morgan fingerprint density at radius 3 is 2.70 bits per heavy atom. The molecule has 2 heterocycles. The van der Waals surface area contributed by atoms with Crippen LogP contribution in [-0.4, -0.2) is 72.5 Å². The molecule has 128 valence electrons. The highest BCUT2D eigenvalue weighted by atomic mass is 16.2. The van der Waals surface area contributed by atoms with E-state index in [1.54, 1.807) is 0 Å². The summed E-state index contributed by atoms with van der Waals surface area (Å²) in [5.41, 5.74) is 0. The Labute approximate surface area is 141 Å². The van der Waals surface area contributed by atoms with Gasteiger partial charge in [0.05, 0.1) is 12.6 Å². The summed E-state index contributed by atoms with van der Waals surface area (Å²) in [6, 6.07) is 0.387. The van der Waals surface area contributed by atoms with Gasteiger partial charge in [-0.15, -0.1) is 13.2 Å². The van der Waals surface area contributed by atoms with Crippen molar-refractivity contribution in [2.24, 2.45) is 0 Å². The Balaban J connectivity index is 2.04. The molecule has 4 heteroatoms. The van der Waals surface area contributed by atoms with Gasteiger partial charge in [0.2, 0.25) is 5.91 Å². The molecule has 2 aliphatic rings. The lowest BCUT2D eigenvalue weighted by Crippen LogP contribution is -2.51. The molecule has 2 aliphatic heterocycles. The quantitative estimate of drug-likeness (QED) is 0.703. The number of carbonyl (C=O) groups is 1. The van der Waals surface area contributed by atoms with Crippen LogP contribution in [0.3, 0.4) is 0 Å². The fourth-order valence-electron chi connectivity index (χ4n) is 3.55. The van der Waals surface area contributed by atoms with Gasteiger partial charge in [0.1, 0.15) is 0 Å². The van der Waals surface area contributed by atoms with E-state index < -0.39 is 0 Å². The second-order valence-electron chi connectivity index (χ2n) is 6.67. The number of hydrogen-bond acceptors (Lipinski definition) is 3. The van der Waals surface area contributed by atoms with Crippen molar-refractivity contribution in [3.63, 3.8) is 0 Å². The van der Waals surface area contributed by atoms with E-state index in [1.165, 1.54) is 0 Å². The molecular formula is C19H31N3O. The minimum atomic E-state index is 0.147. The lowest BCUT2D eigenvalue weighted by molar-refractivity contribution is -0.136. The zero-order valence-electron chi connectivity index (χ0n) is 14.5. The van der Waals surface area contributed by atoms with Gasteiger partial charge in [-0.2, -0.15) is 0 Å². The summed E-state index contributed by atoms with van der Waals surface area (Å²) >= 11 is 0. The maximum absolute atomic E-state index is 13.0. The summed E-state index contributed by atoms with van der Waals surface area (Å²) in [6.45, 7) is 12.4. The zero-order valence-corrected chi connectivity index (χ0v) is 14.5. The molecule has 0 bridgehead atoms. The summed E-state index contributed by atoms with van der Waals surface area (Å²) < 4.78 is 0. The van der Waals surface area contributed by atoms with Crippen LogP contribution in [0.25, 0.3) is 0 Å². The molecule has 0 radical (unpaired) electrons. The summed E-state index contributed by atoms with van der Waals surface area (Å²) in [6.07, 6.45) is 11.9. The summed E-state index contributed by atoms with van der Waals surface area (Å²) in [5.74, 6) is 0.248. The molecule has 2 rings (SSSR count). The number of likely N-dealkylation sites (N-methyl/N-ethyl adjacent to an activating group) is 1. The first-order valence-electron chi connectivity index (χ1n) is 8.76. The largest absolute Gasteiger partial charge is 0.331 e. The van der Waals surface area contributed by atoms with Crippen LogP contribution in [0.4, 0.5) is 0 Å². The van der Waals surface area contributed by atoms with Crippen molar-refractivity contribution >= 4 is 5.91 Å². The number of amides is 1. The molecule has 1 fully saturated rings. The van der Waals surface area contributed by atoms with Gasteiger partial charge in [0.25, 0.3) is 0 Å². The Hall–Kier alpha value is -1.39. The SMILES string of the molecule is C=CC[C@H]1CC=C[C@H](CC=C)N1C(=O)CN1CCCN(C)CC1. The van der Waals surface area contributed by atoms with E-state index in [4.69, 9.17) is 0 Å². The van der Waals surface area contributed by atoms with Gasteiger partial charge < -0.3 is 9.80 Å². The van der Waals surface area contributed by atoms with Crippen molar-refractivity contribution < 1.29 is 4.79 Å². The first-order chi connectivity index (χ1) is 11.2. The molecule has 0 aromatic carbocycles. The van der Waals surface area contributed by atoms with Gasteiger partial charge in [-0.3, -0.25) is 9.69 Å². The summed E-state index contributed by atoms with van der Waals surface area (Å²) in [4.78, 5) is 19.7. The molecule has 2 atom stereocenters. The van der Waals surface area contributed by atoms with Crippen molar-refractivity contribution in [1.82, 2.24) is 14.7 Å². The fraction of sp³-hybridized carbons (Fsp3) is 0.632. The van der Waals surface area contributed by atoms with Crippen LogP contribution in [0.2, 0.25) is 0 Å². The topological polar surface area (TPSA) is 26.8 Å². The molecule has 0 spiro atoms. The molecule has 4 nitrogen and oxygen atoms in total. The van der Waals surface area contributed by atoms with Gasteiger partial charge in [0, 0.05) is 19.1 Å². The van der Waals surface area contributed by atoms with E-state index >= 15 is 0 Å². The molecule has 1 saturated heterocycles. The molecule has 0 saturated carbocycles. The van der Waals surface area contributed by atoms with Crippen molar-refractivity contribution in [2.75, 3.05) is 39.8 Å². The highest BCUT2D eigenvalue weighted by Gasteiger charge is 2.31. The monoisotopic (exact) mass is 317 g/mol. The Bertz CT molecular complexity index is 446. The maximum Gasteiger partial charge on any atom is 0.237 e. The van der Waals surface area contributed by atoms with Crippen LogP contribution in [-0.2, 0) is 4.79 Å². The highest BCUT2D eigenvalue weighted by Crippen LogP contribution is 2.23. The number of carbonyl (C=O) groups excluding carboxylic acids is 1. The van der Waals surface area contributed by atoms with Crippen LogP contribution in [0.5, 0.6) is 0 Å². The minimum Gasteiger partial charge on any atom is -0.331 e. The molecule has 1 amide bonds. The van der Waals surface area contributed by atoms with Crippen LogP contribution in [0.1, 0.15) is 25.7 Å². The van der Waals surface area contributed by atoms with Gasteiger partial charge in [-0.25, -0.2) is 0 Å². The van der Waals surface area contributed by atoms with Crippen LogP contribution >= 0.6 is 0 Å². The zero-order chi connectivity index (χ0) is 16.7. The number of nitrogens with zero attached hydrogens (tertiary/aromatic N) is 3. The highest BCUT2D eigenvalue weighted by molar-refractivity contribution is 5.79. The first-order valence-corrected chi connectivity index (χ1v) is 8.76. The average Bonchev–Trinajstić information content (AvgIpc) is 2.73.